The van der Waals surface area contributed by atoms with Gasteiger partial charge in [0.25, 0.3) is 5.91 Å². The van der Waals surface area contributed by atoms with Crippen LogP contribution in [0.25, 0.3) is 0 Å². The number of carbonyl (C=O) groups excluding carboxylic acids is 3. The van der Waals surface area contributed by atoms with Gasteiger partial charge in [-0.1, -0.05) is 0 Å². The van der Waals surface area contributed by atoms with Crippen LogP contribution < -0.4 is 20.1 Å². The number of hydrogen-bond acceptors (Lipinski definition) is 9. The predicted molar refractivity (Wildman–Crippen MR) is 122 cm³/mol. The summed E-state index contributed by atoms with van der Waals surface area (Å²) in [6, 6.07) is 4.38. The van der Waals surface area contributed by atoms with E-state index in [2.05, 4.69) is 20.8 Å². The Morgan fingerprint density at radius 1 is 1.29 bits per heavy atom. The van der Waals surface area contributed by atoms with Crippen LogP contribution >= 0.6 is 0 Å². The number of aromatic hydroxyl groups is 1. The van der Waals surface area contributed by atoms with Crippen molar-refractivity contribution >= 4 is 24.1 Å². The summed E-state index contributed by atoms with van der Waals surface area (Å²) in [6.45, 7) is -0.511. The number of carbonyl (C=O) groups is 3. The largest absolute Gasteiger partial charge is 0.507 e. The maximum Gasteiger partial charge on any atom is 0.407 e. The van der Waals surface area contributed by atoms with Crippen molar-refractivity contribution in [3.8, 4) is 17.2 Å². The third-order valence-corrected chi connectivity index (χ3v) is 6.29. The lowest BCUT2D eigenvalue weighted by Gasteiger charge is -2.17. The summed E-state index contributed by atoms with van der Waals surface area (Å²) in [7, 11) is 1.40. The zero-order valence-corrected chi connectivity index (χ0v) is 19.2. The fourth-order valence-corrected chi connectivity index (χ4v) is 4.08. The van der Waals surface area contributed by atoms with Gasteiger partial charge in [-0.3, -0.25) is 14.7 Å². The van der Waals surface area contributed by atoms with Crippen LogP contribution in [0.1, 0.15) is 54.1 Å². The third-order valence-electron chi connectivity index (χ3n) is 6.29. The molecule has 2 aliphatic rings. The number of aliphatic hydroxyl groups is 1. The molecular formula is C23H28N4O8. The lowest BCUT2D eigenvalue weighted by molar-refractivity contribution is -0.118. The number of aliphatic hydroxyl groups excluding tert-OH is 1. The van der Waals surface area contributed by atoms with Crippen LogP contribution in [0.5, 0.6) is 17.2 Å². The molecule has 2 saturated carbocycles. The van der Waals surface area contributed by atoms with Crippen molar-refractivity contribution in [1.82, 2.24) is 15.5 Å². The molecule has 1 aromatic carbocycles. The standard InChI is InChI=1S/C23H28N4O8/c1-33-15-7-18(30)16(10-28)19(8-15)34-11-21(31)24-20-9-17(26-27-20)13-2-3-14(6-13)35-22(32)25-23(12-29)4-5-23/h7-10,13-14,29-30H,2-6,11-12H2,1H3,(H,25,32)(H2,24,26,27,31)/t13-,14+/m0/s1. The Balaban J connectivity index is 1.26. The van der Waals surface area contributed by atoms with Gasteiger partial charge in [-0.25, -0.2) is 4.79 Å². The van der Waals surface area contributed by atoms with E-state index in [1.165, 1.54) is 19.2 Å². The second-order valence-electron chi connectivity index (χ2n) is 8.82. The first-order valence-electron chi connectivity index (χ1n) is 11.3. The molecule has 12 heteroatoms. The molecule has 2 amide bonds. The first kappa shape index (κ1) is 24.3. The van der Waals surface area contributed by atoms with Gasteiger partial charge >= 0.3 is 6.09 Å². The molecule has 5 N–H and O–H groups in total. The highest BCUT2D eigenvalue weighted by molar-refractivity contribution is 5.91. The SMILES string of the molecule is COc1cc(O)c(C=O)c(OCC(=O)Nc2cc([C@H]3CC[C@@H](OC(=O)NC4(CO)CC4)C3)[nH]n2)c1. The monoisotopic (exact) mass is 488 g/mol. The lowest BCUT2D eigenvalue weighted by Crippen LogP contribution is -2.41. The molecule has 0 bridgehead atoms. The molecule has 1 heterocycles. The van der Waals surface area contributed by atoms with Crippen LogP contribution in [-0.4, -0.2) is 70.7 Å². The number of aromatic amines is 1. The van der Waals surface area contributed by atoms with Crippen molar-refractivity contribution in [3.63, 3.8) is 0 Å². The van der Waals surface area contributed by atoms with E-state index in [0.717, 1.165) is 25.0 Å². The van der Waals surface area contributed by atoms with E-state index in [9.17, 15) is 24.6 Å². The highest BCUT2D eigenvalue weighted by atomic mass is 16.6. The van der Waals surface area contributed by atoms with Crippen molar-refractivity contribution in [2.45, 2.75) is 49.7 Å². The van der Waals surface area contributed by atoms with E-state index >= 15 is 0 Å². The molecule has 2 atom stereocenters. The Morgan fingerprint density at radius 2 is 2.09 bits per heavy atom. The van der Waals surface area contributed by atoms with Gasteiger partial charge in [0.2, 0.25) is 0 Å². The third kappa shape index (κ3) is 5.83. The van der Waals surface area contributed by atoms with E-state index in [1.54, 1.807) is 6.07 Å². The van der Waals surface area contributed by atoms with Crippen molar-refractivity contribution < 1.29 is 38.8 Å². The number of hydrogen-bond donors (Lipinski definition) is 5. The molecule has 0 unspecified atom stereocenters. The molecule has 2 aliphatic carbocycles. The Morgan fingerprint density at radius 3 is 2.77 bits per heavy atom. The minimum absolute atomic E-state index is 0.0161. The summed E-state index contributed by atoms with van der Waals surface area (Å²) < 4.78 is 15.9. The number of benzene rings is 1. The quantitative estimate of drug-likeness (QED) is 0.313. The number of phenolic OH excluding ortho intramolecular Hbond substituents is 1. The van der Waals surface area contributed by atoms with Crippen LogP contribution in [0.3, 0.4) is 0 Å². The van der Waals surface area contributed by atoms with Gasteiger partial charge in [-0.2, -0.15) is 5.10 Å². The van der Waals surface area contributed by atoms with Crippen LogP contribution in [-0.2, 0) is 9.53 Å². The number of alkyl carbamates (subject to hydrolysis) is 1. The minimum atomic E-state index is -0.517. The molecule has 35 heavy (non-hydrogen) atoms. The highest BCUT2D eigenvalue weighted by Gasteiger charge is 2.44. The molecule has 0 radical (unpaired) electrons. The average molecular weight is 488 g/mol. The second-order valence-corrected chi connectivity index (χ2v) is 8.82. The van der Waals surface area contributed by atoms with Crippen LogP contribution in [0.15, 0.2) is 18.2 Å². The molecule has 0 aliphatic heterocycles. The number of nitrogens with one attached hydrogen (secondary N) is 3. The predicted octanol–water partition coefficient (Wildman–Crippen LogP) is 1.84. The number of H-pyrrole nitrogens is 1. The first-order valence-corrected chi connectivity index (χ1v) is 11.3. The van der Waals surface area contributed by atoms with E-state index in [4.69, 9.17) is 14.2 Å². The normalized spacial score (nSPS) is 20.1. The maximum atomic E-state index is 12.3. The van der Waals surface area contributed by atoms with Crippen molar-refractivity contribution in [3.05, 3.63) is 29.5 Å². The van der Waals surface area contributed by atoms with Crippen LogP contribution in [0.2, 0.25) is 0 Å². The molecule has 0 spiro atoms. The summed E-state index contributed by atoms with van der Waals surface area (Å²) in [5.41, 5.74) is 0.204. The smallest absolute Gasteiger partial charge is 0.407 e. The van der Waals surface area contributed by atoms with Crippen molar-refractivity contribution in [2.24, 2.45) is 0 Å². The topological polar surface area (TPSA) is 172 Å². The average Bonchev–Trinajstić information content (AvgIpc) is 3.21. The molecule has 2 fully saturated rings. The van der Waals surface area contributed by atoms with Gasteiger partial charge in [0.05, 0.1) is 24.8 Å². The number of nitrogens with zero attached hydrogens (tertiary/aromatic N) is 1. The molecule has 188 valence electrons. The molecule has 2 aromatic rings. The molecular weight excluding hydrogens is 460 g/mol. The number of anilines is 1. The fraction of sp³-hybridized carbons (Fsp3) is 0.478. The number of rotatable bonds is 10. The fourth-order valence-electron chi connectivity index (χ4n) is 4.08. The lowest BCUT2D eigenvalue weighted by atomic mass is 10.0. The Hall–Kier alpha value is -3.80. The van der Waals surface area contributed by atoms with Gasteiger partial charge in [-0.15, -0.1) is 0 Å². The highest BCUT2D eigenvalue weighted by Crippen LogP contribution is 2.37. The van der Waals surface area contributed by atoms with Gasteiger partial charge in [-0.05, 0) is 32.1 Å². The van der Waals surface area contributed by atoms with Crippen LogP contribution in [0, 0.1) is 0 Å². The molecule has 0 saturated heterocycles. The maximum absolute atomic E-state index is 12.3. The summed E-state index contributed by atoms with van der Waals surface area (Å²) in [6.07, 6.45) is 3.28. The number of ether oxygens (including phenoxy) is 3. The Kier molecular flexibility index (Phi) is 7.10. The zero-order valence-electron chi connectivity index (χ0n) is 19.2. The molecule has 1 aromatic heterocycles. The van der Waals surface area contributed by atoms with Gasteiger partial charge < -0.3 is 35.1 Å². The number of methoxy groups -OCH3 is 1. The van der Waals surface area contributed by atoms with Gasteiger partial charge in [0.15, 0.2) is 18.7 Å². The van der Waals surface area contributed by atoms with E-state index in [1.807, 2.05) is 0 Å². The number of aromatic nitrogens is 2. The number of aldehydes is 1. The summed E-state index contributed by atoms with van der Waals surface area (Å²) >= 11 is 0. The Bertz CT molecular complexity index is 1100. The first-order chi connectivity index (χ1) is 16.8. The summed E-state index contributed by atoms with van der Waals surface area (Å²) in [5.74, 6) is -0.143. The minimum Gasteiger partial charge on any atom is -0.507 e. The number of amides is 2. The Labute approximate surface area is 200 Å². The molecule has 12 nitrogen and oxygen atoms in total. The van der Waals surface area contributed by atoms with Gasteiger partial charge in [0.1, 0.15) is 23.4 Å². The van der Waals surface area contributed by atoms with Crippen LogP contribution in [0.4, 0.5) is 10.6 Å². The number of phenols is 1. The summed E-state index contributed by atoms with van der Waals surface area (Å²) in [5, 5.41) is 31.6. The summed E-state index contributed by atoms with van der Waals surface area (Å²) in [4.78, 5) is 35.6. The van der Waals surface area contributed by atoms with E-state index in [0.29, 0.717) is 24.9 Å². The van der Waals surface area contributed by atoms with Crippen molar-refractivity contribution in [1.29, 1.82) is 0 Å². The van der Waals surface area contributed by atoms with Crippen molar-refractivity contribution in [2.75, 3.05) is 25.6 Å². The molecule has 4 rings (SSSR count). The van der Waals surface area contributed by atoms with Gasteiger partial charge in [0, 0.05) is 29.8 Å². The second kappa shape index (κ2) is 10.2. The van der Waals surface area contributed by atoms with E-state index < -0.39 is 24.1 Å². The zero-order chi connectivity index (χ0) is 25.0. The van der Waals surface area contributed by atoms with E-state index in [-0.39, 0.29) is 41.4 Å².